The second-order valence-electron chi connectivity index (χ2n) is 11.7. The number of carbonyl (C=O) groups is 2. The second kappa shape index (κ2) is 14.8. The molecule has 0 saturated heterocycles. The van der Waals surface area contributed by atoms with Gasteiger partial charge in [0.15, 0.2) is 6.10 Å². The Kier molecular flexibility index (Phi) is 9.96. The van der Waals surface area contributed by atoms with Crippen LogP contribution < -0.4 is 5.32 Å². The van der Waals surface area contributed by atoms with Crippen molar-refractivity contribution < 1.29 is 19.1 Å². The third-order valence-electron chi connectivity index (χ3n) is 8.37. The van der Waals surface area contributed by atoms with Gasteiger partial charge in [0.1, 0.15) is 11.3 Å². The largest absolute Gasteiger partial charge is 0.463 e. The number of aryl methyl sites for hydroxylation is 2. The zero-order valence-corrected chi connectivity index (χ0v) is 27.9. The van der Waals surface area contributed by atoms with Crippen molar-refractivity contribution >= 4 is 28.7 Å². The van der Waals surface area contributed by atoms with Crippen LogP contribution in [0.25, 0.3) is 22.4 Å². The summed E-state index contributed by atoms with van der Waals surface area (Å²) in [7, 11) is 0. The van der Waals surface area contributed by atoms with Gasteiger partial charge in [-0.1, -0.05) is 54.3 Å². The van der Waals surface area contributed by atoms with Crippen molar-refractivity contribution in [1.82, 2.24) is 24.8 Å². The lowest BCUT2D eigenvalue weighted by atomic mass is 9.80. The zero-order valence-electron chi connectivity index (χ0n) is 27.9. The summed E-state index contributed by atoms with van der Waals surface area (Å²) >= 11 is 0. The van der Waals surface area contributed by atoms with Gasteiger partial charge in [-0.25, -0.2) is 14.6 Å². The molecule has 2 atom stereocenters. The number of rotatable bonds is 9. The summed E-state index contributed by atoms with van der Waals surface area (Å²) in [5.41, 5.74) is 7.23. The van der Waals surface area contributed by atoms with Gasteiger partial charge < -0.3 is 14.8 Å². The van der Waals surface area contributed by atoms with Crippen LogP contribution in [0.4, 0.5) is 0 Å². The minimum atomic E-state index is -0.703. The lowest BCUT2D eigenvalue weighted by Crippen LogP contribution is -2.34. The molecule has 1 N–H and O–H groups in total. The van der Waals surface area contributed by atoms with Crippen LogP contribution in [0.15, 0.2) is 114 Å². The summed E-state index contributed by atoms with van der Waals surface area (Å²) in [5, 5.41) is 3.39. The number of hydrogen-bond acceptors (Lipinski definition) is 8. The van der Waals surface area contributed by atoms with Crippen LogP contribution in [0, 0.1) is 24.7 Å². The Bertz CT molecular complexity index is 2110. The van der Waals surface area contributed by atoms with Gasteiger partial charge in [0.25, 0.3) is 0 Å². The molecule has 6 rings (SSSR count). The van der Waals surface area contributed by atoms with E-state index >= 15 is 0 Å². The highest BCUT2D eigenvalue weighted by molar-refractivity contribution is 6.03. The Morgan fingerprint density at radius 2 is 1.69 bits per heavy atom. The molecule has 2 unspecified atom stereocenters. The number of fused-ring (bicyclic) bond motifs is 1. The third kappa shape index (κ3) is 7.29. The molecule has 9 nitrogen and oxygen atoms in total. The topological polar surface area (TPSA) is 108 Å². The normalized spacial score (nSPS) is 14.9. The average molecular weight is 652 g/mol. The van der Waals surface area contributed by atoms with Crippen molar-refractivity contribution in [3.8, 4) is 17.5 Å². The van der Waals surface area contributed by atoms with Gasteiger partial charge in [-0.05, 0) is 82.0 Å². The Morgan fingerprint density at radius 3 is 2.43 bits per heavy atom. The Labute approximate surface area is 285 Å². The molecule has 4 heterocycles. The van der Waals surface area contributed by atoms with Crippen LogP contribution in [0.5, 0.6) is 0 Å². The number of pyridine rings is 2. The standard InChI is InChI=1S/C40H37N5O4/c1-5-48-39(46)37-33(20-15-29-10-7-6-8-11-29)36(40(47)49-26(2)13-14-30-12-9-22-41-24-30)27(3)43-38(37)31-16-18-32(19-17-31)45-28(4)44-34-25-42-23-21-35(34)45/h6-12,16-19,21-26,33,43H,5,15,20H2,1-4H3. The van der Waals surface area contributed by atoms with E-state index in [1.165, 1.54) is 0 Å². The molecule has 9 heteroatoms. The predicted octanol–water partition coefficient (Wildman–Crippen LogP) is 6.51. The second-order valence-corrected chi connectivity index (χ2v) is 11.7. The molecule has 246 valence electrons. The summed E-state index contributed by atoms with van der Waals surface area (Å²) in [6.07, 6.45) is 7.23. The van der Waals surface area contributed by atoms with Crippen molar-refractivity contribution in [3.05, 3.63) is 137 Å². The number of imidazole rings is 1. The van der Waals surface area contributed by atoms with Crippen LogP contribution in [-0.4, -0.2) is 44.2 Å². The smallest absolute Gasteiger partial charge is 0.337 e. The Balaban J connectivity index is 1.38. The fraction of sp³-hybridized carbons (Fsp3) is 0.225. The maximum absolute atomic E-state index is 13.9. The zero-order chi connectivity index (χ0) is 34.3. The van der Waals surface area contributed by atoms with Gasteiger partial charge in [0.2, 0.25) is 0 Å². The minimum Gasteiger partial charge on any atom is -0.463 e. The van der Waals surface area contributed by atoms with E-state index in [1.54, 1.807) is 44.7 Å². The molecule has 1 aliphatic heterocycles. The van der Waals surface area contributed by atoms with Gasteiger partial charge in [-0.15, -0.1) is 0 Å². The highest BCUT2D eigenvalue weighted by atomic mass is 16.5. The first-order valence-electron chi connectivity index (χ1n) is 16.3. The number of ether oxygens (including phenoxy) is 2. The molecule has 0 aliphatic carbocycles. The van der Waals surface area contributed by atoms with E-state index in [2.05, 4.69) is 36.7 Å². The van der Waals surface area contributed by atoms with Gasteiger partial charge in [0, 0.05) is 41.5 Å². The highest BCUT2D eigenvalue weighted by Crippen LogP contribution is 2.38. The maximum Gasteiger partial charge on any atom is 0.337 e. The van der Waals surface area contributed by atoms with Crippen LogP contribution in [0.1, 0.15) is 49.7 Å². The number of benzene rings is 2. The van der Waals surface area contributed by atoms with E-state index in [0.29, 0.717) is 35.4 Å². The summed E-state index contributed by atoms with van der Waals surface area (Å²) in [6.45, 7) is 7.47. The number of aromatic nitrogens is 4. The number of nitrogens with one attached hydrogen (secondary N) is 1. The molecule has 0 amide bonds. The molecular formula is C40H37N5O4. The third-order valence-corrected chi connectivity index (χ3v) is 8.37. The van der Waals surface area contributed by atoms with Crippen molar-refractivity contribution in [2.75, 3.05) is 6.61 Å². The van der Waals surface area contributed by atoms with Gasteiger partial charge >= 0.3 is 11.9 Å². The molecule has 3 aromatic heterocycles. The van der Waals surface area contributed by atoms with Gasteiger partial charge in [-0.3, -0.25) is 14.5 Å². The van der Waals surface area contributed by atoms with Crippen LogP contribution in [0.2, 0.25) is 0 Å². The van der Waals surface area contributed by atoms with Gasteiger partial charge in [-0.2, -0.15) is 0 Å². The monoisotopic (exact) mass is 651 g/mol. The van der Waals surface area contributed by atoms with E-state index in [9.17, 15) is 9.59 Å². The number of nitrogens with zero attached hydrogens (tertiary/aromatic N) is 4. The van der Waals surface area contributed by atoms with Crippen molar-refractivity contribution in [2.24, 2.45) is 5.92 Å². The maximum atomic E-state index is 13.9. The summed E-state index contributed by atoms with van der Waals surface area (Å²) in [6, 6.07) is 23.5. The lowest BCUT2D eigenvalue weighted by Gasteiger charge is -2.32. The van der Waals surface area contributed by atoms with E-state index in [4.69, 9.17) is 9.47 Å². The van der Waals surface area contributed by atoms with Crippen LogP contribution >= 0.6 is 0 Å². The summed E-state index contributed by atoms with van der Waals surface area (Å²) in [5.74, 6) is 5.20. The average Bonchev–Trinajstić information content (AvgIpc) is 3.46. The number of hydrogen-bond donors (Lipinski definition) is 1. The molecule has 49 heavy (non-hydrogen) atoms. The summed E-state index contributed by atoms with van der Waals surface area (Å²) < 4.78 is 13.6. The van der Waals surface area contributed by atoms with Crippen LogP contribution in [-0.2, 0) is 25.5 Å². The highest BCUT2D eigenvalue weighted by Gasteiger charge is 2.38. The first kappa shape index (κ1) is 32.9. The quantitative estimate of drug-likeness (QED) is 0.142. The number of carbonyl (C=O) groups excluding carboxylic acids is 2. The van der Waals surface area contributed by atoms with Crippen molar-refractivity contribution in [2.45, 2.75) is 46.6 Å². The van der Waals surface area contributed by atoms with E-state index in [1.807, 2.05) is 80.6 Å². The molecule has 0 spiro atoms. The van der Waals surface area contributed by atoms with Crippen LogP contribution in [0.3, 0.4) is 0 Å². The number of esters is 2. The lowest BCUT2D eigenvalue weighted by molar-refractivity contribution is -0.142. The molecule has 0 saturated carbocycles. The van der Waals surface area contributed by atoms with Gasteiger partial charge in [0.05, 0.1) is 35.2 Å². The molecule has 0 radical (unpaired) electrons. The minimum absolute atomic E-state index is 0.186. The fourth-order valence-electron chi connectivity index (χ4n) is 6.15. The Hall–Kier alpha value is -6.01. The number of dihydropyridines is 1. The van der Waals surface area contributed by atoms with E-state index in [0.717, 1.165) is 39.2 Å². The molecule has 1 aliphatic rings. The van der Waals surface area contributed by atoms with Crippen molar-refractivity contribution in [1.29, 1.82) is 0 Å². The molecule has 5 aromatic rings. The molecule has 0 bridgehead atoms. The van der Waals surface area contributed by atoms with E-state index < -0.39 is 24.0 Å². The Morgan fingerprint density at radius 1 is 0.918 bits per heavy atom. The van der Waals surface area contributed by atoms with E-state index in [-0.39, 0.29) is 6.61 Å². The molecule has 2 aromatic carbocycles. The first-order chi connectivity index (χ1) is 23.8. The SMILES string of the molecule is CCOC(=O)C1=C(c2ccc(-n3c(C)nc4cnccc43)cc2)NC(C)=C(C(=O)OC(C)C#Cc2cccnc2)C1CCc1ccccc1. The van der Waals surface area contributed by atoms with Crippen molar-refractivity contribution in [3.63, 3.8) is 0 Å². The molecular weight excluding hydrogens is 614 g/mol. The first-order valence-corrected chi connectivity index (χ1v) is 16.3. The fourth-order valence-corrected chi connectivity index (χ4v) is 6.15. The number of allylic oxidation sites excluding steroid dienone is 1. The molecule has 0 fully saturated rings. The predicted molar refractivity (Wildman–Crippen MR) is 188 cm³/mol. The summed E-state index contributed by atoms with van der Waals surface area (Å²) in [4.78, 5) is 40.8.